The molecule has 0 saturated heterocycles. The van der Waals surface area contributed by atoms with Crippen molar-refractivity contribution in [3.8, 4) is 0 Å². The van der Waals surface area contributed by atoms with Gasteiger partial charge in [0.25, 0.3) is 0 Å². The van der Waals surface area contributed by atoms with Gasteiger partial charge in [-0.25, -0.2) is 17.9 Å². The minimum Gasteiger partial charge on any atom is -0.465 e. The van der Waals surface area contributed by atoms with E-state index >= 15 is 0 Å². The van der Waals surface area contributed by atoms with Gasteiger partial charge in [0.05, 0.1) is 17.7 Å². The Kier molecular flexibility index (Phi) is 5.64. The number of hydrogen-bond donors (Lipinski definition) is 1. The lowest BCUT2D eigenvalue weighted by Gasteiger charge is -2.10. The van der Waals surface area contributed by atoms with Crippen LogP contribution in [0, 0.1) is 0 Å². The number of nitrogens with one attached hydrogen (secondary N) is 1. The number of hydrogen-bond acceptors (Lipinski definition) is 4. The van der Waals surface area contributed by atoms with Crippen molar-refractivity contribution in [1.82, 2.24) is 4.72 Å². The Hall–Kier alpha value is -1.60. The molecule has 5 nitrogen and oxygen atoms in total. The van der Waals surface area contributed by atoms with E-state index in [1.807, 2.05) is 0 Å². The molecule has 0 fully saturated rings. The fourth-order valence-electron chi connectivity index (χ4n) is 1.85. The van der Waals surface area contributed by atoms with Crippen LogP contribution in [-0.2, 0) is 21.3 Å². The van der Waals surface area contributed by atoms with Crippen LogP contribution in [0.5, 0.6) is 0 Å². The van der Waals surface area contributed by atoms with Crippen LogP contribution >= 0.6 is 23.2 Å². The van der Waals surface area contributed by atoms with E-state index in [2.05, 4.69) is 9.46 Å². The van der Waals surface area contributed by atoms with Crippen LogP contribution in [-0.4, -0.2) is 21.5 Å². The second kappa shape index (κ2) is 7.31. The highest BCUT2D eigenvalue weighted by molar-refractivity contribution is 7.89. The largest absolute Gasteiger partial charge is 0.465 e. The standard InChI is InChI=1S/C15H13Cl2NO4S/c1-22-15(19)10-6-7-13(17)14(8-10)23(20,21)18-9-11-4-2-3-5-12(11)16/h2-8,18H,9H2,1H3. The first-order chi connectivity index (χ1) is 10.8. The molecule has 2 aromatic carbocycles. The highest BCUT2D eigenvalue weighted by Crippen LogP contribution is 2.24. The Balaban J connectivity index is 2.29. The molecule has 0 spiro atoms. The van der Waals surface area contributed by atoms with E-state index in [1.54, 1.807) is 24.3 Å². The van der Waals surface area contributed by atoms with Gasteiger partial charge in [-0.15, -0.1) is 0 Å². The predicted octanol–water partition coefficient (Wildman–Crippen LogP) is 3.26. The highest BCUT2D eigenvalue weighted by atomic mass is 35.5. The number of esters is 1. The number of rotatable bonds is 5. The van der Waals surface area contributed by atoms with Crippen molar-refractivity contribution >= 4 is 39.2 Å². The molecular weight excluding hydrogens is 361 g/mol. The molecule has 0 bridgehead atoms. The maximum Gasteiger partial charge on any atom is 0.337 e. The molecule has 122 valence electrons. The molecule has 0 aliphatic carbocycles. The zero-order valence-electron chi connectivity index (χ0n) is 12.0. The van der Waals surface area contributed by atoms with E-state index in [-0.39, 0.29) is 22.0 Å². The minimum atomic E-state index is -3.92. The second-order valence-corrected chi connectivity index (χ2v) is 7.10. The topological polar surface area (TPSA) is 72.5 Å². The van der Waals surface area contributed by atoms with Crippen molar-refractivity contribution in [3.63, 3.8) is 0 Å². The van der Waals surface area contributed by atoms with E-state index in [1.165, 1.54) is 25.3 Å². The fraction of sp³-hybridized carbons (Fsp3) is 0.133. The van der Waals surface area contributed by atoms with Gasteiger partial charge in [-0.1, -0.05) is 41.4 Å². The summed E-state index contributed by atoms with van der Waals surface area (Å²) in [6, 6.07) is 10.8. The van der Waals surface area contributed by atoms with Gasteiger partial charge in [0.1, 0.15) is 4.90 Å². The van der Waals surface area contributed by atoms with Crippen LogP contribution in [0.3, 0.4) is 0 Å². The first-order valence-corrected chi connectivity index (χ1v) is 8.70. The summed E-state index contributed by atoms with van der Waals surface area (Å²) in [5, 5.41) is 0.453. The van der Waals surface area contributed by atoms with Crippen molar-refractivity contribution in [3.05, 3.63) is 63.6 Å². The number of methoxy groups -OCH3 is 1. The highest BCUT2D eigenvalue weighted by Gasteiger charge is 2.20. The molecule has 0 aliphatic heterocycles. The van der Waals surface area contributed by atoms with Crippen molar-refractivity contribution in [2.75, 3.05) is 7.11 Å². The third-order valence-corrected chi connectivity index (χ3v) is 5.30. The minimum absolute atomic E-state index is 0.000781. The number of ether oxygens (including phenoxy) is 1. The molecule has 0 aromatic heterocycles. The third-order valence-electron chi connectivity index (χ3n) is 3.05. The molecule has 0 radical (unpaired) electrons. The third kappa shape index (κ3) is 4.23. The molecule has 0 unspecified atom stereocenters. The van der Waals surface area contributed by atoms with Crippen molar-refractivity contribution < 1.29 is 17.9 Å². The predicted molar refractivity (Wildman–Crippen MR) is 88.3 cm³/mol. The van der Waals surface area contributed by atoms with Gasteiger partial charge in [0.15, 0.2) is 0 Å². The van der Waals surface area contributed by atoms with Gasteiger partial charge >= 0.3 is 5.97 Å². The lowest BCUT2D eigenvalue weighted by molar-refractivity contribution is 0.0600. The summed E-state index contributed by atoms with van der Waals surface area (Å²) in [6.07, 6.45) is 0. The molecule has 1 N–H and O–H groups in total. The van der Waals surface area contributed by atoms with Crippen LogP contribution < -0.4 is 4.72 Å². The maximum absolute atomic E-state index is 12.4. The van der Waals surface area contributed by atoms with Crippen molar-refractivity contribution in [2.45, 2.75) is 11.4 Å². The zero-order valence-corrected chi connectivity index (χ0v) is 14.4. The van der Waals surface area contributed by atoms with Crippen LogP contribution in [0.25, 0.3) is 0 Å². The van der Waals surface area contributed by atoms with Crippen molar-refractivity contribution in [2.24, 2.45) is 0 Å². The quantitative estimate of drug-likeness (QED) is 0.816. The smallest absolute Gasteiger partial charge is 0.337 e. The summed E-state index contributed by atoms with van der Waals surface area (Å²) in [6.45, 7) is 0.000781. The Morgan fingerprint density at radius 1 is 1.13 bits per heavy atom. The molecule has 2 aromatic rings. The summed E-state index contributed by atoms with van der Waals surface area (Å²) >= 11 is 11.9. The molecule has 0 aliphatic rings. The normalized spacial score (nSPS) is 11.3. The number of carbonyl (C=O) groups is 1. The van der Waals surface area contributed by atoms with Gasteiger partial charge in [0.2, 0.25) is 10.0 Å². The molecule has 0 amide bonds. The SMILES string of the molecule is COC(=O)c1ccc(Cl)c(S(=O)(=O)NCc2ccccc2Cl)c1. The van der Waals surface area contributed by atoms with Crippen LogP contribution in [0.15, 0.2) is 47.4 Å². The Morgan fingerprint density at radius 3 is 2.48 bits per heavy atom. The van der Waals surface area contributed by atoms with E-state index < -0.39 is 16.0 Å². The van der Waals surface area contributed by atoms with Crippen LogP contribution in [0.2, 0.25) is 10.0 Å². The summed E-state index contributed by atoms with van der Waals surface area (Å²) in [4.78, 5) is 11.3. The van der Waals surface area contributed by atoms with Gasteiger partial charge in [-0.05, 0) is 29.8 Å². The van der Waals surface area contributed by atoms with Crippen molar-refractivity contribution in [1.29, 1.82) is 0 Å². The molecule has 0 atom stereocenters. The maximum atomic E-state index is 12.4. The van der Waals surface area contributed by atoms with Crippen LogP contribution in [0.1, 0.15) is 15.9 Å². The zero-order chi connectivity index (χ0) is 17.0. The lowest BCUT2D eigenvalue weighted by Crippen LogP contribution is -2.24. The Labute approximate surface area is 144 Å². The fourth-order valence-corrected chi connectivity index (χ4v) is 3.58. The molecular formula is C15H13Cl2NO4S. The number of sulfonamides is 1. The van der Waals surface area contributed by atoms with Gasteiger partial charge < -0.3 is 4.74 Å². The lowest BCUT2D eigenvalue weighted by atomic mass is 10.2. The van der Waals surface area contributed by atoms with Gasteiger partial charge in [-0.2, -0.15) is 0 Å². The Bertz CT molecular complexity index is 837. The molecule has 0 heterocycles. The summed E-state index contributed by atoms with van der Waals surface area (Å²) in [5.74, 6) is -0.649. The van der Waals surface area contributed by atoms with E-state index in [0.717, 1.165) is 0 Å². The summed E-state index contributed by atoms with van der Waals surface area (Å²) in [7, 11) is -2.71. The first-order valence-electron chi connectivity index (χ1n) is 6.46. The van der Waals surface area contributed by atoms with Crippen LogP contribution in [0.4, 0.5) is 0 Å². The molecule has 2 rings (SSSR count). The number of halogens is 2. The van der Waals surface area contributed by atoms with E-state index in [0.29, 0.717) is 10.6 Å². The number of benzene rings is 2. The summed E-state index contributed by atoms with van der Waals surface area (Å²) < 4.78 is 31.8. The monoisotopic (exact) mass is 373 g/mol. The van der Waals surface area contributed by atoms with Gasteiger partial charge in [-0.3, -0.25) is 0 Å². The van der Waals surface area contributed by atoms with E-state index in [9.17, 15) is 13.2 Å². The molecule has 0 saturated carbocycles. The van der Waals surface area contributed by atoms with Gasteiger partial charge in [0, 0.05) is 11.6 Å². The average molecular weight is 374 g/mol. The second-order valence-electron chi connectivity index (χ2n) is 4.55. The Morgan fingerprint density at radius 2 is 1.83 bits per heavy atom. The molecule has 8 heteroatoms. The summed E-state index contributed by atoms with van der Waals surface area (Å²) in [5.41, 5.74) is 0.716. The average Bonchev–Trinajstić information content (AvgIpc) is 2.53. The molecule has 23 heavy (non-hydrogen) atoms. The number of carbonyl (C=O) groups excluding carboxylic acids is 1. The van der Waals surface area contributed by atoms with E-state index in [4.69, 9.17) is 23.2 Å². The first kappa shape index (κ1) is 17.7.